The summed E-state index contributed by atoms with van der Waals surface area (Å²) in [7, 11) is 1.97. The van der Waals surface area contributed by atoms with E-state index in [1.165, 1.54) is 11.1 Å². The first kappa shape index (κ1) is 12.8. The number of nitrogens with one attached hydrogen (secondary N) is 1. The van der Waals surface area contributed by atoms with E-state index in [1.54, 1.807) is 12.4 Å². The lowest BCUT2D eigenvalue weighted by Crippen LogP contribution is -2.18. The SMILES string of the molecule is CNC(c1cccc(C)c1)c1cccc2nccnc12. The van der Waals surface area contributed by atoms with E-state index in [2.05, 4.69) is 52.5 Å². The molecule has 3 nitrogen and oxygen atoms in total. The molecule has 0 saturated carbocycles. The topological polar surface area (TPSA) is 37.8 Å². The van der Waals surface area contributed by atoms with Gasteiger partial charge in [-0.15, -0.1) is 0 Å². The highest BCUT2D eigenvalue weighted by Crippen LogP contribution is 2.27. The van der Waals surface area contributed by atoms with Crippen LogP contribution in [0, 0.1) is 6.92 Å². The van der Waals surface area contributed by atoms with E-state index in [9.17, 15) is 0 Å². The van der Waals surface area contributed by atoms with Crippen molar-refractivity contribution in [2.24, 2.45) is 0 Å². The molecule has 0 fully saturated rings. The number of benzene rings is 2. The molecule has 1 unspecified atom stereocenters. The Kier molecular flexibility index (Phi) is 3.44. The molecule has 3 heteroatoms. The Morgan fingerprint density at radius 3 is 2.60 bits per heavy atom. The first-order valence-corrected chi connectivity index (χ1v) is 6.73. The fourth-order valence-electron chi connectivity index (χ4n) is 2.60. The lowest BCUT2D eigenvalue weighted by atomic mass is 9.96. The minimum Gasteiger partial charge on any atom is -0.309 e. The van der Waals surface area contributed by atoms with Crippen molar-refractivity contribution in [1.29, 1.82) is 0 Å². The molecule has 0 aliphatic heterocycles. The summed E-state index contributed by atoms with van der Waals surface area (Å²) in [4.78, 5) is 8.87. The van der Waals surface area contributed by atoms with Crippen LogP contribution in [0.5, 0.6) is 0 Å². The van der Waals surface area contributed by atoms with E-state index < -0.39 is 0 Å². The Hall–Kier alpha value is -2.26. The molecule has 0 amide bonds. The minimum absolute atomic E-state index is 0.121. The molecule has 0 aliphatic rings. The molecule has 20 heavy (non-hydrogen) atoms. The van der Waals surface area contributed by atoms with Gasteiger partial charge in [-0.25, -0.2) is 0 Å². The van der Waals surface area contributed by atoms with Gasteiger partial charge in [0.1, 0.15) is 0 Å². The smallest absolute Gasteiger partial charge is 0.0937 e. The Labute approximate surface area is 118 Å². The monoisotopic (exact) mass is 263 g/mol. The van der Waals surface area contributed by atoms with Crippen molar-refractivity contribution >= 4 is 11.0 Å². The second-order valence-corrected chi connectivity index (χ2v) is 4.91. The number of rotatable bonds is 3. The fourth-order valence-corrected chi connectivity index (χ4v) is 2.60. The van der Waals surface area contributed by atoms with Crippen molar-refractivity contribution < 1.29 is 0 Å². The lowest BCUT2D eigenvalue weighted by Gasteiger charge is -2.19. The average Bonchev–Trinajstić information content (AvgIpc) is 2.48. The molecule has 0 bridgehead atoms. The normalized spacial score (nSPS) is 12.5. The van der Waals surface area contributed by atoms with Gasteiger partial charge in [-0.3, -0.25) is 9.97 Å². The zero-order valence-corrected chi connectivity index (χ0v) is 11.7. The van der Waals surface area contributed by atoms with Crippen LogP contribution in [-0.2, 0) is 0 Å². The molecule has 100 valence electrons. The van der Waals surface area contributed by atoms with Crippen molar-refractivity contribution in [2.45, 2.75) is 13.0 Å². The summed E-state index contributed by atoms with van der Waals surface area (Å²) in [5.41, 5.74) is 5.54. The maximum absolute atomic E-state index is 4.50. The van der Waals surface area contributed by atoms with E-state index in [4.69, 9.17) is 0 Å². The third kappa shape index (κ3) is 2.28. The zero-order chi connectivity index (χ0) is 13.9. The summed E-state index contributed by atoms with van der Waals surface area (Å²) in [6.45, 7) is 2.11. The van der Waals surface area contributed by atoms with Gasteiger partial charge < -0.3 is 5.32 Å². The summed E-state index contributed by atoms with van der Waals surface area (Å²) < 4.78 is 0. The molecule has 1 atom stereocenters. The Morgan fingerprint density at radius 1 is 1.00 bits per heavy atom. The van der Waals surface area contributed by atoms with Crippen LogP contribution in [0.15, 0.2) is 54.9 Å². The molecule has 0 saturated heterocycles. The van der Waals surface area contributed by atoms with Crippen molar-refractivity contribution in [2.75, 3.05) is 7.05 Å². The first-order chi connectivity index (χ1) is 9.79. The highest BCUT2D eigenvalue weighted by molar-refractivity contribution is 5.78. The summed E-state index contributed by atoms with van der Waals surface area (Å²) in [6, 6.07) is 14.8. The minimum atomic E-state index is 0.121. The predicted molar refractivity (Wildman–Crippen MR) is 81.6 cm³/mol. The third-order valence-electron chi connectivity index (χ3n) is 3.50. The van der Waals surface area contributed by atoms with Gasteiger partial charge in [0.15, 0.2) is 0 Å². The van der Waals surface area contributed by atoms with Crippen LogP contribution >= 0.6 is 0 Å². The summed E-state index contributed by atoms with van der Waals surface area (Å²) >= 11 is 0. The molecule has 1 N–H and O–H groups in total. The second-order valence-electron chi connectivity index (χ2n) is 4.91. The van der Waals surface area contributed by atoms with E-state index in [1.807, 2.05) is 19.2 Å². The fraction of sp³-hybridized carbons (Fsp3) is 0.176. The third-order valence-corrected chi connectivity index (χ3v) is 3.50. The van der Waals surface area contributed by atoms with Gasteiger partial charge in [0.2, 0.25) is 0 Å². The average molecular weight is 263 g/mol. The van der Waals surface area contributed by atoms with Crippen LogP contribution in [0.3, 0.4) is 0 Å². The van der Waals surface area contributed by atoms with Gasteiger partial charge >= 0.3 is 0 Å². The molecule has 0 radical (unpaired) electrons. The van der Waals surface area contributed by atoms with Crippen molar-refractivity contribution in [1.82, 2.24) is 15.3 Å². The summed E-state index contributed by atoms with van der Waals surface area (Å²) in [5.74, 6) is 0. The number of hydrogen-bond acceptors (Lipinski definition) is 3. The second kappa shape index (κ2) is 5.39. The number of fused-ring (bicyclic) bond motifs is 1. The number of aryl methyl sites for hydroxylation is 1. The highest BCUT2D eigenvalue weighted by Gasteiger charge is 2.15. The van der Waals surface area contributed by atoms with Gasteiger partial charge in [-0.2, -0.15) is 0 Å². The van der Waals surface area contributed by atoms with Gasteiger partial charge in [0, 0.05) is 18.0 Å². The first-order valence-electron chi connectivity index (χ1n) is 6.73. The van der Waals surface area contributed by atoms with E-state index in [-0.39, 0.29) is 6.04 Å². The van der Waals surface area contributed by atoms with Crippen LogP contribution in [0.2, 0.25) is 0 Å². The van der Waals surface area contributed by atoms with E-state index in [0.29, 0.717) is 0 Å². The molecule has 1 heterocycles. The Morgan fingerprint density at radius 2 is 1.80 bits per heavy atom. The van der Waals surface area contributed by atoms with Crippen LogP contribution in [0.4, 0.5) is 0 Å². The van der Waals surface area contributed by atoms with Gasteiger partial charge in [0.05, 0.1) is 17.1 Å². The standard InChI is InChI=1S/C17H17N3/c1-12-5-3-6-13(11-12)16(18-2)14-7-4-8-15-17(14)20-10-9-19-15/h3-11,16,18H,1-2H3. The lowest BCUT2D eigenvalue weighted by molar-refractivity contribution is 0.695. The number of hydrogen-bond donors (Lipinski definition) is 1. The summed E-state index contributed by atoms with van der Waals surface area (Å²) in [5, 5.41) is 3.39. The molecule has 2 aromatic carbocycles. The van der Waals surface area contributed by atoms with E-state index in [0.717, 1.165) is 16.6 Å². The van der Waals surface area contributed by atoms with Crippen LogP contribution in [-0.4, -0.2) is 17.0 Å². The van der Waals surface area contributed by atoms with Gasteiger partial charge in [0.25, 0.3) is 0 Å². The number of nitrogens with zero attached hydrogens (tertiary/aromatic N) is 2. The predicted octanol–water partition coefficient (Wildman–Crippen LogP) is 3.25. The maximum atomic E-state index is 4.50. The quantitative estimate of drug-likeness (QED) is 0.788. The van der Waals surface area contributed by atoms with Gasteiger partial charge in [-0.1, -0.05) is 42.0 Å². The molecular formula is C17H17N3. The number of aromatic nitrogens is 2. The molecule has 0 aliphatic carbocycles. The van der Waals surface area contributed by atoms with Crippen molar-refractivity contribution in [3.63, 3.8) is 0 Å². The van der Waals surface area contributed by atoms with Crippen LogP contribution in [0.25, 0.3) is 11.0 Å². The Balaban J connectivity index is 2.17. The van der Waals surface area contributed by atoms with Gasteiger partial charge in [-0.05, 0) is 25.6 Å². The molecular weight excluding hydrogens is 246 g/mol. The van der Waals surface area contributed by atoms with Crippen LogP contribution < -0.4 is 5.32 Å². The molecule has 3 aromatic rings. The van der Waals surface area contributed by atoms with E-state index >= 15 is 0 Å². The zero-order valence-electron chi connectivity index (χ0n) is 11.7. The molecule has 1 aromatic heterocycles. The number of para-hydroxylation sites is 1. The highest BCUT2D eigenvalue weighted by atomic mass is 14.9. The maximum Gasteiger partial charge on any atom is 0.0937 e. The van der Waals surface area contributed by atoms with Crippen molar-refractivity contribution in [3.05, 3.63) is 71.5 Å². The largest absolute Gasteiger partial charge is 0.309 e. The molecule has 3 rings (SSSR count). The van der Waals surface area contributed by atoms with Crippen molar-refractivity contribution in [3.8, 4) is 0 Å². The molecule has 0 spiro atoms. The Bertz CT molecular complexity index is 732. The van der Waals surface area contributed by atoms with Crippen LogP contribution in [0.1, 0.15) is 22.7 Å². The summed E-state index contributed by atoms with van der Waals surface area (Å²) in [6.07, 6.45) is 3.47.